The predicted octanol–water partition coefficient (Wildman–Crippen LogP) is 4.18. The average Bonchev–Trinajstić information content (AvgIpc) is 2.69. The molecule has 0 saturated carbocycles. The topological polar surface area (TPSA) is 59.9 Å². The molecule has 26 heavy (non-hydrogen) atoms. The predicted molar refractivity (Wildman–Crippen MR) is 103 cm³/mol. The molecule has 0 radical (unpaired) electrons. The molecule has 2 aromatic carbocycles. The molecule has 1 amide bonds. The number of ether oxygens (including phenoxy) is 2. The van der Waals surface area contributed by atoms with Crippen LogP contribution < -0.4 is 14.9 Å². The van der Waals surface area contributed by atoms with Gasteiger partial charge >= 0.3 is 0 Å². The van der Waals surface area contributed by atoms with Crippen LogP contribution in [0.15, 0.2) is 59.7 Å². The van der Waals surface area contributed by atoms with Crippen LogP contribution in [0.5, 0.6) is 11.5 Å². The maximum Gasteiger partial charge on any atom is 0.277 e. The molecular formula is C21H26N2O3. The second-order valence-corrected chi connectivity index (χ2v) is 6.13. The lowest BCUT2D eigenvalue weighted by Gasteiger charge is -2.09. The minimum atomic E-state index is -0.281. The van der Waals surface area contributed by atoms with Crippen molar-refractivity contribution in [2.75, 3.05) is 6.61 Å². The van der Waals surface area contributed by atoms with Crippen LogP contribution in [0.1, 0.15) is 32.8 Å². The van der Waals surface area contributed by atoms with E-state index in [4.69, 9.17) is 9.47 Å². The fraction of sp³-hybridized carbons (Fsp3) is 0.333. The van der Waals surface area contributed by atoms with Gasteiger partial charge in [0, 0.05) is 5.71 Å². The van der Waals surface area contributed by atoms with Crippen LogP contribution >= 0.6 is 0 Å². The number of hydrazone groups is 1. The normalized spacial score (nSPS) is 12.3. The lowest BCUT2D eigenvalue weighted by atomic mass is 10.1. The number of benzene rings is 2. The molecule has 5 heteroatoms. The molecule has 2 aromatic rings. The van der Waals surface area contributed by atoms with Crippen LogP contribution in [-0.4, -0.2) is 18.2 Å². The van der Waals surface area contributed by atoms with Crippen LogP contribution in [0.4, 0.5) is 0 Å². The molecule has 5 nitrogen and oxygen atoms in total. The molecule has 0 saturated heterocycles. The van der Waals surface area contributed by atoms with Crippen molar-refractivity contribution in [3.63, 3.8) is 0 Å². The Labute approximate surface area is 155 Å². The van der Waals surface area contributed by atoms with Crippen molar-refractivity contribution in [2.45, 2.75) is 33.8 Å². The molecule has 0 heterocycles. The molecule has 1 N–H and O–H groups in total. The quantitative estimate of drug-likeness (QED) is 0.543. The second kappa shape index (κ2) is 10.2. The van der Waals surface area contributed by atoms with E-state index < -0.39 is 0 Å². The summed E-state index contributed by atoms with van der Waals surface area (Å²) in [7, 11) is 0. The van der Waals surface area contributed by atoms with Gasteiger partial charge in [-0.15, -0.1) is 0 Å². The zero-order chi connectivity index (χ0) is 18.8. The van der Waals surface area contributed by atoms with Crippen molar-refractivity contribution >= 4 is 11.6 Å². The Balaban J connectivity index is 1.75. The number of nitrogens with one attached hydrogen (secondary N) is 1. The number of hydrogen-bond donors (Lipinski definition) is 1. The van der Waals surface area contributed by atoms with E-state index in [1.54, 1.807) is 12.1 Å². The van der Waals surface area contributed by atoms with Gasteiger partial charge in [-0.3, -0.25) is 4.79 Å². The highest BCUT2D eigenvalue weighted by Crippen LogP contribution is 2.18. The molecule has 138 valence electrons. The Morgan fingerprint density at radius 3 is 2.27 bits per heavy atom. The van der Waals surface area contributed by atoms with Crippen LogP contribution in [0.2, 0.25) is 0 Å². The van der Waals surface area contributed by atoms with Crippen molar-refractivity contribution < 1.29 is 14.3 Å². The molecule has 2 rings (SSSR count). The van der Waals surface area contributed by atoms with Crippen LogP contribution in [-0.2, 0) is 11.4 Å². The SMILES string of the molecule is CC[C@@H](C)/C(C)=N\NC(=O)COc1ccc(OCc2ccccc2)cc1. The van der Waals surface area contributed by atoms with Crippen molar-refractivity contribution in [1.82, 2.24) is 5.43 Å². The minimum absolute atomic E-state index is 0.0818. The van der Waals surface area contributed by atoms with Crippen LogP contribution in [0.25, 0.3) is 0 Å². The number of hydrogen-bond acceptors (Lipinski definition) is 4. The smallest absolute Gasteiger partial charge is 0.277 e. The summed E-state index contributed by atoms with van der Waals surface area (Å²) in [6, 6.07) is 17.2. The summed E-state index contributed by atoms with van der Waals surface area (Å²) >= 11 is 0. The number of rotatable bonds is 9. The van der Waals surface area contributed by atoms with Crippen LogP contribution in [0, 0.1) is 5.92 Å². The molecule has 0 aromatic heterocycles. The summed E-state index contributed by atoms with van der Waals surface area (Å²) in [5, 5.41) is 4.09. The van der Waals surface area contributed by atoms with Gasteiger partial charge in [-0.25, -0.2) is 5.43 Å². The van der Waals surface area contributed by atoms with E-state index in [-0.39, 0.29) is 12.5 Å². The minimum Gasteiger partial charge on any atom is -0.489 e. The van der Waals surface area contributed by atoms with Gasteiger partial charge in [0.25, 0.3) is 5.91 Å². The molecule has 0 spiro atoms. The summed E-state index contributed by atoms with van der Waals surface area (Å²) in [6.45, 7) is 6.49. The van der Waals surface area contributed by atoms with E-state index >= 15 is 0 Å². The van der Waals surface area contributed by atoms with E-state index in [0.717, 1.165) is 23.4 Å². The molecule has 0 unspecified atom stereocenters. The third-order valence-corrected chi connectivity index (χ3v) is 4.12. The standard InChI is InChI=1S/C21H26N2O3/c1-4-16(2)17(3)22-23-21(24)15-26-20-12-10-19(11-13-20)25-14-18-8-6-5-7-9-18/h5-13,16H,4,14-15H2,1-3H3,(H,23,24)/b22-17-/t16-/m1/s1. The Morgan fingerprint density at radius 2 is 1.65 bits per heavy atom. The first-order valence-electron chi connectivity index (χ1n) is 8.81. The van der Waals surface area contributed by atoms with Gasteiger partial charge in [-0.05, 0) is 49.1 Å². The monoisotopic (exact) mass is 354 g/mol. The lowest BCUT2D eigenvalue weighted by Crippen LogP contribution is -2.26. The Bertz CT molecular complexity index is 712. The van der Waals surface area contributed by atoms with Gasteiger partial charge < -0.3 is 9.47 Å². The summed E-state index contributed by atoms with van der Waals surface area (Å²) in [5.41, 5.74) is 4.53. The van der Waals surface area contributed by atoms with Gasteiger partial charge in [0.15, 0.2) is 6.61 Å². The Hall–Kier alpha value is -2.82. The van der Waals surface area contributed by atoms with Crippen LogP contribution in [0.3, 0.4) is 0 Å². The van der Waals surface area contributed by atoms with Crippen molar-refractivity contribution in [3.05, 3.63) is 60.2 Å². The number of nitrogens with zero attached hydrogens (tertiary/aromatic N) is 1. The summed E-state index contributed by atoms with van der Waals surface area (Å²) in [4.78, 5) is 11.8. The fourth-order valence-electron chi connectivity index (χ4n) is 2.11. The van der Waals surface area contributed by atoms with Gasteiger partial charge in [0.1, 0.15) is 18.1 Å². The zero-order valence-electron chi connectivity index (χ0n) is 15.6. The molecule has 0 aliphatic heterocycles. The summed E-state index contributed by atoms with van der Waals surface area (Å²) < 4.78 is 11.2. The van der Waals surface area contributed by atoms with E-state index in [2.05, 4.69) is 24.4 Å². The highest BCUT2D eigenvalue weighted by molar-refractivity contribution is 5.86. The van der Waals surface area contributed by atoms with Gasteiger partial charge in [0.05, 0.1) is 0 Å². The number of amides is 1. The average molecular weight is 354 g/mol. The van der Waals surface area contributed by atoms with E-state index in [1.807, 2.05) is 49.4 Å². The second-order valence-electron chi connectivity index (χ2n) is 6.13. The fourth-order valence-corrected chi connectivity index (χ4v) is 2.11. The maximum atomic E-state index is 11.8. The van der Waals surface area contributed by atoms with E-state index in [9.17, 15) is 4.79 Å². The molecule has 0 fully saturated rings. The third-order valence-electron chi connectivity index (χ3n) is 4.12. The Kier molecular flexibility index (Phi) is 7.68. The molecule has 0 aliphatic rings. The van der Waals surface area contributed by atoms with Crippen molar-refractivity contribution in [3.8, 4) is 11.5 Å². The van der Waals surface area contributed by atoms with E-state index in [0.29, 0.717) is 18.3 Å². The van der Waals surface area contributed by atoms with Crippen molar-refractivity contribution in [2.24, 2.45) is 11.0 Å². The Morgan fingerprint density at radius 1 is 1.04 bits per heavy atom. The van der Waals surface area contributed by atoms with Gasteiger partial charge in [0.2, 0.25) is 0 Å². The first-order valence-corrected chi connectivity index (χ1v) is 8.81. The van der Waals surface area contributed by atoms with E-state index in [1.165, 1.54) is 0 Å². The zero-order valence-corrected chi connectivity index (χ0v) is 15.6. The highest BCUT2D eigenvalue weighted by Gasteiger charge is 2.05. The summed E-state index contributed by atoms with van der Waals surface area (Å²) in [6.07, 6.45) is 0.987. The highest BCUT2D eigenvalue weighted by atomic mass is 16.5. The largest absolute Gasteiger partial charge is 0.489 e. The van der Waals surface area contributed by atoms with Gasteiger partial charge in [-0.1, -0.05) is 44.2 Å². The first kappa shape index (κ1) is 19.5. The number of carbonyl (C=O) groups excluding carboxylic acids is 1. The molecular weight excluding hydrogens is 328 g/mol. The first-order chi connectivity index (χ1) is 12.6. The summed E-state index contributed by atoms with van der Waals surface area (Å²) in [5.74, 6) is 1.42. The van der Waals surface area contributed by atoms with Crippen molar-refractivity contribution in [1.29, 1.82) is 0 Å². The third kappa shape index (κ3) is 6.59. The lowest BCUT2D eigenvalue weighted by molar-refractivity contribution is -0.123. The van der Waals surface area contributed by atoms with Gasteiger partial charge in [-0.2, -0.15) is 5.10 Å². The number of carbonyl (C=O) groups is 1. The molecule has 1 atom stereocenters. The molecule has 0 aliphatic carbocycles. The maximum absolute atomic E-state index is 11.8. The molecule has 0 bridgehead atoms.